The van der Waals surface area contributed by atoms with Crippen LogP contribution in [0.25, 0.3) is 0 Å². The first-order valence-corrected chi connectivity index (χ1v) is 6.62. The number of hydrogen-bond acceptors (Lipinski definition) is 1. The summed E-state index contributed by atoms with van der Waals surface area (Å²) < 4.78 is 0. The minimum Gasteiger partial charge on any atom is -0.325 e. The lowest BCUT2D eigenvalue weighted by atomic mass is 9.91. The van der Waals surface area contributed by atoms with E-state index in [1.807, 2.05) is 0 Å². The van der Waals surface area contributed by atoms with Crippen molar-refractivity contribution in [3.05, 3.63) is 0 Å². The van der Waals surface area contributed by atoms with Crippen LogP contribution in [0.4, 0.5) is 0 Å². The molecular weight excluding hydrogens is 165 g/mol. The summed E-state index contributed by atoms with van der Waals surface area (Å²) in [5, 5.41) is 0. The quantitative estimate of drug-likeness (QED) is 0.639. The molecule has 0 aromatic heterocycles. The fourth-order valence-corrected chi connectivity index (χ4v) is 1.98. The second-order valence-corrected chi connectivity index (χ2v) is 5.65. The van der Waals surface area contributed by atoms with E-state index >= 15 is 0 Å². The number of nitrogens with two attached hydrogens (primary N) is 1. The second kappa shape index (κ2) is 5.94. The summed E-state index contributed by atoms with van der Waals surface area (Å²) in [6, 6.07) is 0. The van der Waals surface area contributed by atoms with Crippen LogP contribution in [-0.4, -0.2) is 18.4 Å². The van der Waals surface area contributed by atoms with Crippen molar-refractivity contribution in [3.8, 4) is 0 Å². The van der Waals surface area contributed by atoms with Gasteiger partial charge in [-0.2, -0.15) is 0 Å². The van der Waals surface area contributed by atoms with E-state index in [0.717, 1.165) is 14.5 Å². The van der Waals surface area contributed by atoms with Crippen molar-refractivity contribution in [2.45, 2.75) is 45.6 Å². The second-order valence-electron chi connectivity index (χ2n) is 4.44. The molecular formula is C10H24NP. The lowest BCUT2D eigenvalue weighted by Crippen LogP contribution is -2.36. The Morgan fingerprint density at radius 3 is 2.33 bits per heavy atom. The molecule has 0 spiro atoms. The molecule has 0 aliphatic rings. The van der Waals surface area contributed by atoms with Gasteiger partial charge in [0.05, 0.1) is 0 Å². The monoisotopic (exact) mass is 189 g/mol. The highest BCUT2D eigenvalue weighted by Crippen LogP contribution is 2.20. The topological polar surface area (TPSA) is 26.0 Å². The maximum atomic E-state index is 6.16. The van der Waals surface area contributed by atoms with Gasteiger partial charge in [-0.15, -0.1) is 8.58 Å². The standard InChI is InChI=1S/C10H24NP/c1-9(2)5-6-10(3,11)7-8-12-4/h9,12H,5-8,11H2,1-4H3. The fourth-order valence-electron chi connectivity index (χ4n) is 1.15. The molecule has 0 heterocycles. The molecule has 0 amide bonds. The molecule has 0 aliphatic carbocycles. The lowest BCUT2D eigenvalue weighted by molar-refractivity contribution is 0.376. The van der Waals surface area contributed by atoms with Gasteiger partial charge in [-0.1, -0.05) is 13.8 Å². The molecule has 12 heavy (non-hydrogen) atoms. The van der Waals surface area contributed by atoms with E-state index in [-0.39, 0.29) is 5.54 Å². The van der Waals surface area contributed by atoms with Gasteiger partial charge in [0.15, 0.2) is 0 Å². The largest absolute Gasteiger partial charge is 0.325 e. The Labute approximate surface area is 79.3 Å². The summed E-state index contributed by atoms with van der Waals surface area (Å²) in [6.45, 7) is 8.96. The number of hydrogen-bond donors (Lipinski definition) is 1. The molecule has 1 nitrogen and oxygen atoms in total. The molecule has 0 fully saturated rings. The van der Waals surface area contributed by atoms with Gasteiger partial charge in [-0.25, -0.2) is 0 Å². The zero-order chi connectivity index (χ0) is 9.61. The van der Waals surface area contributed by atoms with Crippen LogP contribution in [0, 0.1) is 5.92 Å². The van der Waals surface area contributed by atoms with Gasteiger partial charge in [0.25, 0.3) is 0 Å². The molecule has 2 N–H and O–H groups in total. The van der Waals surface area contributed by atoms with Gasteiger partial charge in [0.2, 0.25) is 0 Å². The first kappa shape index (κ1) is 12.4. The van der Waals surface area contributed by atoms with Crippen molar-refractivity contribution in [1.29, 1.82) is 0 Å². The molecule has 0 saturated carbocycles. The van der Waals surface area contributed by atoms with Gasteiger partial charge in [0.1, 0.15) is 0 Å². The Bertz CT molecular complexity index is 110. The zero-order valence-electron chi connectivity index (χ0n) is 8.98. The molecule has 0 radical (unpaired) electrons. The fraction of sp³-hybridized carbons (Fsp3) is 1.00. The summed E-state index contributed by atoms with van der Waals surface area (Å²) >= 11 is 0. The maximum Gasteiger partial charge on any atom is 0.0129 e. The molecule has 0 aliphatic heterocycles. The number of rotatable bonds is 6. The highest BCUT2D eigenvalue weighted by molar-refractivity contribution is 7.36. The van der Waals surface area contributed by atoms with Crippen molar-refractivity contribution in [3.63, 3.8) is 0 Å². The van der Waals surface area contributed by atoms with Crippen LogP contribution in [0.5, 0.6) is 0 Å². The average Bonchev–Trinajstić information content (AvgIpc) is 1.98. The zero-order valence-corrected chi connectivity index (χ0v) is 9.98. The molecule has 2 heteroatoms. The molecule has 2 unspecified atom stereocenters. The highest BCUT2D eigenvalue weighted by Gasteiger charge is 2.17. The van der Waals surface area contributed by atoms with Crippen molar-refractivity contribution in [2.24, 2.45) is 11.7 Å². The normalized spacial score (nSPS) is 17.5. The van der Waals surface area contributed by atoms with E-state index in [0.29, 0.717) is 0 Å². The van der Waals surface area contributed by atoms with Crippen LogP contribution in [0.3, 0.4) is 0 Å². The van der Waals surface area contributed by atoms with Gasteiger partial charge in [0, 0.05) is 5.54 Å². The van der Waals surface area contributed by atoms with Gasteiger partial charge in [-0.05, 0) is 44.9 Å². The summed E-state index contributed by atoms with van der Waals surface area (Å²) in [4.78, 5) is 0. The highest BCUT2D eigenvalue weighted by atomic mass is 31.1. The van der Waals surface area contributed by atoms with E-state index in [9.17, 15) is 0 Å². The minimum atomic E-state index is 0.0906. The minimum absolute atomic E-state index is 0.0906. The van der Waals surface area contributed by atoms with Crippen molar-refractivity contribution in [2.75, 3.05) is 12.8 Å². The lowest BCUT2D eigenvalue weighted by Gasteiger charge is -2.25. The molecule has 0 saturated heterocycles. The van der Waals surface area contributed by atoms with Crippen LogP contribution in [0.1, 0.15) is 40.0 Å². The summed E-state index contributed by atoms with van der Waals surface area (Å²) in [5.74, 6) is 0.789. The van der Waals surface area contributed by atoms with E-state index in [1.165, 1.54) is 25.4 Å². The Morgan fingerprint density at radius 2 is 1.92 bits per heavy atom. The third-order valence-electron chi connectivity index (χ3n) is 2.24. The Morgan fingerprint density at radius 1 is 1.33 bits per heavy atom. The van der Waals surface area contributed by atoms with Crippen LogP contribution >= 0.6 is 8.58 Å². The van der Waals surface area contributed by atoms with Gasteiger partial charge >= 0.3 is 0 Å². The third-order valence-corrected chi connectivity index (χ3v) is 2.99. The first-order valence-electron chi connectivity index (χ1n) is 4.91. The summed E-state index contributed by atoms with van der Waals surface area (Å²) in [5.41, 5.74) is 6.25. The van der Waals surface area contributed by atoms with Gasteiger partial charge in [-0.3, -0.25) is 0 Å². The van der Waals surface area contributed by atoms with Crippen LogP contribution in [0.15, 0.2) is 0 Å². The predicted octanol–water partition coefficient (Wildman–Crippen LogP) is 2.84. The van der Waals surface area contributed by atoms with Gasteiger partial charge < -0.3 is 5.73 Å². The van der Waals surface area contributed by atoms with E-state index in [2.05, 4.69) is 27.4 Å². The van der Waals surface area contributed by atoms with E-state index < -0.39 is 0 Å². The molecule has 0 aromatic carbocycles. The summed E-state index contributed by atoms with van der Waals surface area (Å²) in [6.07, 6.45) is 4.93. The Kier molecular flexibility index (Phi) is 6.13. The van der Waals surface area contributed by atoms with Crippen molar-refractivity contribution in [1.82, 2.24) is 0 Å². The third kappa shape index (κ3) is 7.06. The van der Waals surface area contributed by atoms with Crippen molar-refractivity contribution >= 4 is 8.58 Å². The SMILES string of the molecule is CPCCC(C)(N)CCC(C)C. The molecule has 0 aromatic rings. The van der Waals surface area contributed by atoms with E-state index in [1.54, 1.807) is 0 Å². The molecule has 0 rings (SSSR count). The Balaban J connectivity index is 3.56. The predicted molar refractivity (Wildman–Crippen MR) is 60.4 cm³/mol. The maximum absolute atomic E-state index is 6.16. The van der Waals surface area contributed by atoms with Crippen molar-refractivity contribution < 1.29 is 0 Å². The smallest absolute Gasteiger partial charge is 0.0129 e. The van der Waals surface area contributed by atoms with Crippen LogP contribution < -0.4 is 5.73 Å². The molecule has 0 bridgehead atoms. The summed E-state index contributed by atoms with van der Waals surface area (Å²) in [7, 11) is 1.05. The van der Waals surface area contributed by atoms with Crippen LogP contribution in [-0.2, 0) is 0 Å². The molecule has 74 valence electrons. The first-order chi connectivity index (χ1) is 5.48. The molecule has 2 atom stereocenters. The average molecular weight is 189 g/mol. The van der Waals surface area contributed by atoms with Crippen LogP contribution in [0.2, 0.25) is 0 Å². The van der Waals surface area contributed by atoms with E-state index in [4.69, 9.17) is 5.73 Å². The Hall–Kier alpha value is 0.390.